The van der Waals surface area contributed by atoms with Gasteiger partial charge in [0.1, 0.15) is 17.7 Å². The Morgan fingerprint density at radius 3 is 2.51 bits per heavy atom. The SMILES string of the molecule is CN=C(N)NCCC[C@H](NC(=O)OC(C)(C)C)C(=O)N[C@@H](Cc1c[nH]c2ccccc12)C(=O)OC. The van der Waals surface area contributed by atoms with Gasteiger partial charge < -0.3 is 36.1 Å². The molecule has 0 spiro atoms. The second-order valence-electron chi connectivity index (χ2n) is 9.02. The number of aliphatic imine (C=N–C) groups is 1. The Morgan fingerprint density at radius 2 is 1.86 bits per heavy atom. The highest BCUT2D eigenvalue weighted by atomic mass is 16.6. The molecule has 0 radical (unpaired) electrons. The molecule has 35 heavy (non-hydrogen) atoms. The molecule has 0 aliphatic carbocycles. The molecule has 0 aliphatic rings. The van der Waals surface area contributed by atoms with Crippen LogP contribution in [0.5, 0.6) is 0 Å². The molecule has 2 rings (SSSR count). The molecule has 0 unspecified atom stereocenters. The number of aromatic nitrogens is 1. The lowest BCUT2D eigenvalue weighted by Gasteiger charge is -2.25. The first-order chi connectivity index (χ1) is 16.5. The van der Waals surface area contributed by atoms with Crippen molar-refractivity contribution in [1.29, 1.82) is 0 Å². The summed E-state index contributed by atoms with van der Waals surface area (Å²) in [6.07, 6.45) is 2.05. The Bertz CT molecular complexity index is 1040. The first-order valence-electron chi connectivity index (χ1n) is 11.4. The number of alkyl carbamates (subject to hydrolysis) is 1. The molecule has 192 valence electrons. The van der Waals surface area contributed by atoms with Crippen LogP contribution in [0.3, 0.4) is 0 Å². The molecule has 2 aromatic rings. The summed E-state index contributed by atoms with van der Waals surface area (Å²) in [6.45, 7) is 5.63. The fourth-order valence-electron chi connectivity index (χ4n) is 3.45. The molecule has 2 amide bonds. The minimum atomic E-state index is -0.948. The Kier molecular flexibility index (Phi) is 9.92. The number of fused-ring (bicyclic) bond motifs is 1. The molecule has 0 bridgehead atoms. The van der Waals surface area contributed by atoms with Crippen molar-refractivity contribution in [2.45, 2.75) is 57.7 Å². The molecule has 0 aliphatic heterocycles. The predicted octanol–water partition coefficient (Wildman–Crippen LogP) is 1.58. The number of H-pyrrole nitrogens is 1. The van der Waals surface area contributed by atoms with Crippen molar-refractivity contribution < 1.29 is 23.9 Å². The standard InChI is InChI=1S/C24H36N6O5/c1-24(2,3)35-23(33)30-18(11-8-12-27-22(25)26-4)20(31)29-19(21(32)34-5)13-15-14-28-17-10-7-6-9-16(15)17/h6-7,9-10,14,18-19,28H,8,11-13H2,1-5H3,(H,29,31)(H,30,33)(H3,25,26,27)/t18-,19-/m0/s1. The summed E-state index contributed by atoms with van der Waals surface area (Å²) in [4.78, 5) is 45.0. The smallest absolute Gasteiger partial charge is 0.408 e. The molecule has 2 atom stereocenters. The van der Waals surface area contributed by atoms with E-state index in [0.717, 1.165) is 16.5 Å². The molecule has 0 saturated carbocycles. The average molecular weight is 489 g/mol. The number of amides is 2. The third kappa shape index (κ3) is 8.84. The van der Waals surface area contributed by atoms with Gasteiger partial charge in [-0.2, -0.15) is 0 Å². The first kappa shape index (κ1) is 27.5. The third-order valence-electron chi connectivity index (χ3n) is 5.13. The molecule has 0 fully saturated rings. The van der Waals surface area contributed by atoms with Crippen LogP contribution in [0, 0.1) is 0 Å². The van der Waals surface area contributed by atoms with Crippen LogP contribution in [0.25, 0.3) is 10.9 Å². The van der Waals surface area contributed by atoms with Gasteiger partial charge >= 0.3 is 12.1 Å². The van der Waals surface area contributed by atoms with Crippen LogP contribution in [-0.2, 0) is 25.5 Å². The molecule has 1 heterocycles. The molecule has 11 nitrogen and oxygen atoms in total. The first-order valence-corrected chi connectivity index (χ1v) is 11.4. The van der Waals surface area contributed by atoms with E-state index in [1.54, 1.807) is 34.0 Å². The number of hydrogen-bond donors (Lipinski definition) is 5. The largest absolute Gasteiger partial charge is 0.467 e. The number of methoxy groups -OCH3 is 1. The number of hydrogen-bond acceptors (Lipinski definition) is 6. The fourth-order valence-corrected chi connectivity index (χ4v) is 3.45. The Hall–Kier alpha value is -3.76. The van der Waals surface area contributed by atoms with Gasteiger partial charge in [-0.3, -0.25) is 9.79 Å². The number of guanidine groups is 1. The van der Waals surface area contributed by atoms with Gasteiger partial charge in [-0.25, -0.2) is 9.59 Å². The van der Waals surface area contributed by atoms with Gasteiger partial charge in [0, 0.05) is 37.1 Å². The number of nitrogens with zero attached hydrogens (tertiary/aromatic N) is 1. The lowest BCUT2D eigenvalue weighted by Crippen LogP contribution is -2.53. The molecule has 1 aromatic heterocycles. The summed E-state index contributed by atoms with van der Waals surface area (Å²) >= 11 is 0. The normalized spacial score (nSPS) is 13.6. The van der Waals surface area contributed by atoms with Crippen molar-refractivity contribution >= 4 is 34.8 Å². The average Bonchev–Trinajstić information content (AvgIpc) is 3.21. The third-order valence-corrected chi connectivity index (χ3v) is 5.13. The monoisotopic (exact) mass is 488 g/mol. The Labute approximate surface area is 205 Å². The Morgan fingerprint density at radius 1 is 1.14 bits per heavy atom. The lowest BCUT2D eigenvalue weighted by molar-refractivity contribution is -0.145. The van der Waals surface area contributed by atoms with E-state index in [1.165, 1.54) is 7.11 Å². The Balaban J connectivity index is 2.14. The van der Waals surface area contributed by atoms with E-state index in [1.807, 2.05) is 24.3 Å². The predicted molar refractivity (Wildman–Crippen MR) is 134 cm³/mol. The van der Waals surface area contributed by atoms with Gasteiger partial charge in [0.05, 0.1) is 7.11 Å². The zero-order valence-electron chi connectivity index (χ0n) is 20.9. The molecular weight excluding hydrogens is 452 g/mol. The van der Waals surface area contributed by atoms with Crippen LogP contribution in [0.4, 0.5) is 4.79 Å². The molecule has 0 saturated heterocycles. The molecule has 1 aromatic carbocycles. The second-order valence-corrected chi connectivity index (χ2v) is 9.02. The van der Waals surface area contributed by atoms with E-state index in [4.69, 9.17) is 15.2 Å². The quantitative estimate of drug-likeness (QED) is 0.147. The summed E-state index contributed by atoms with van der Waals surface area (Å²) in [5.74, 6) is -0.841. The summed E-state index contributed by atoms with van der Waals surface area (Å²) in [5, 5.41) is 9.19. The van der Waals surface area contributed by atoms with Crippen molar-refractivity contribution in [1.82, 2.24) is 20.9 Å². The maximum absolute atomic E-state index is 13.2. The summed E-state index contributed by atoms with van der Waals surface area (Å²) in [7, 11) is 2.82. The van der Waals surface area contributed by atoms with Crippen LogP contribution in [0.1, 0.15) is 39.2 Å². The van der Waals surface area contributed by atoms with Crippen molar-refractivity contribution in [3.8, 4) is 0 Å². The number of rotatable bonds is 10. The number of aromatic amines is 1. The van der Waals surface area contributed by atoms with E-state index in [-0.39, 0.29) is 18.8 Å². The maximum Gasteiger partial charge on any atom is 0.408 e. The van der Waals surface area contributed by atoms with Gasteiger partial charge in [0.15, 0.2) is 5.96 Å². The van der Waals surface area contributed by atoms with E-state index >= 15 is 0 Å². The van der Waals surface area contributed by atoms with Crippen molar-refractivity contribution in [3.05, 3.63) is 36.0 Å². The lowest BCUT2D eigenvalue weighted by atomic mass is 10.0. The van der Waals surface area contributed by atoms with Gasteiger partial charge in [-0.05, 0) is 45.2 Å². The topological polar surface area (TPSA) is 160 Å². The number of nitrogens with one attached hydrogen (secondary N) is 4. The van der Waals surface area contributed by atoms with Crippen molar-refractivity contribution in [2.24, 2.45) is 10.7 Å². The summed E-state index contributed by atoms with van der Waals surface area (Å²) in [5.41, 5.74) is 6.67. The zero-order valence-corrected chi connectivity index (χ0v) is 20.9. The van der Waals surface area contributed by atoms with Crippen molar-refractivity contribution in [3.63, 3.8) is 0 Å². The minimum Gasteiger partial charge on any atom is -0.467 e. The van der Waals surface area contributed by atoms with Crippen LogP contribution in [-0.4, -0.2) is 67.3 Å². The summed E-state index contributed by atoms with van der Waals surface area (Å²) in [6, 6.07) is 5.77. The highest BCUT2D eigenvalue weighted by molar-refractivity contribution is 5.90. The van der Waals surface area contributed by atoms with E-state index in [2.05, 4.69) is 25.9 Å². The molecular formula is C24H36N6O5. The number of benzene rings is 1. The van der Waals surface area contributed by atoms with Crippen LogP contribution >= 0.6 is 0 Å². The molecule has 6 N–H and O–H groups in total. The minimum absolute atomic E-state index is 0.215. The maximum atomic E-state index is 13.2. The van der Waals surface area contributed by atoms with E-state index in [0.29, 0.717) is 13.0 Å². The number of carbonyl (C=O) groups excluding carboxylic acids is 3. The van der Waals surface area contributed by atoms with E-state index in [9.17, 15) is 14.4 Å². The second kappa shape index (κ2) is 12.6. The summed E-state index contributed by atoms with van der Waals surface area (Å²) < 4.78 is 10.2. The van der Waals surface area contributed by atoms with Gasteiger partial charge in [0.25, 0.3) is 0 Å². The van der Waals surface area contributed by atoms with Gasteiger partial charge in [-0.1, -0.05) is 18.2 Å². The number of ether oxygens (including phenoxy) is 2. The highest BCUT2D eigenvalue weighted by Crippen LogP contribution is 2.19. The van der Waals surface area contributed by atoms with Gasteiger partial charge in [0.2, 0.25) is 5.91 Å². The van der Waals surface area contributed by atoms with Crippen LogP contribution < -0.4 is 21.7 Å². The number of nitrogens with two attached hydrogens (primary N) is 1. The fraction of sp³-hybridized carbons (Fsp3) is 0.500. The highest BCUT2D eigenvalue weighted by Gasteiger charge is 2.29. The van der Waals surface area contributed by atoms with Crippen molar-refractivity contribution in [2.75, 3.05) is 20.7 Å². The van der Waals surface area contributed by atoms with E-state index < -0.39 is 35.7 Å². The number of carbonyl (C=O) groups is 3. The van der Waals surface area contributed by atoms with Gasteiger partial charge in [-0.15, -0.1) is 0 Å². The van der Waals surface area contributed by atoms with Crippen LogP contribution in [0.15, 0.2) is 35.5 Å². The number of esters is 1. The zero-order chi connectivity index (χ0) is 26.0. The number of para-hydroxylation sites is 1. The van der Waals surface area contributed by atoms with Crippen LogP contribution in [0.2, 0.25) is 0 Å². The molecule has 11 heteroatoms.